The minimum Gasteiger partial charge on any atom is -0.294 e. The molecule has 0 unspecified atom stereocenters. The first-order valence-electron chi connectivity index (χ1n) is 5.41. The maximum absolute atomic E-state index is 11.4. The minimum atomic E-state index is -0.931. The number of hydrogen-bond donors (Lipinski definition) is 4. The van der Waals surface area contributed by atoms with Gasteiger partial charge in [-0.3, -0.25) is 20.4 Å². The van der Waals surface area contributed by atoms with Crippen molar-refractivity contribution >= 4 is 17.9 Å². The summed E-state index contributed by atoms with van der Waals surface area (Å²) >= 11 is 0. The van der Waals surface area contributed by atoms with Crippen LogP contribution < -0.4 is 22.5 Å². The summed E-state index contributed by atoms with van der Waals surface area (Å²) in [6.07, 6.45) is 3.77. The monoisotopic (exact) mass is 248 g/mol. The zero-order valence-corrected chi connectivity index (χ0v) is 9.80. The number of hydrogen-bond acceptors (Lipinski definition) is 4. The van der Waals surface area contributed by atoms with E-state index < -0.39 is 17.7 Å². The Morgan fingerprint density at radius 1 is 1.11 bits per heavy atom. The average molecular weight is 248 g/mol. The SMILES string of the molecule is NNC(=O)C(CC=Cc1ccccc1)C(=O)NN. The molecule has 0 aliphatic rings. The van der Waals surface area contributed by atoms with E-state index in [9.17, 15) is 9.59 Å². The van der Waals surface area contributed by atoms with E-state index in [2.05, 4.69) is 0 Å². The molecule has 0 saturated heterocycles. The van der Waals surface area contributed by atoms with Gasteiger partial charge in [0.25, 0.3) is 0 Å². The Kier molecular flexibility index (Phi) is 5.56. The molecule has 0 atom stereocenters. The zero-order chi connectivity index (χ0) is 13.4. The molecule has 0 bridgehead atoms. The molecule has 6 heteroatoms. The number of rotatable bonds is 5. The molecule has 1 rings (SSSR count). The van der Waals surface area contributed by atoms with Crippen LogP contribution in [0.3, 0.4) is 0 Å². The quantitative estimate of drug-likeness (QED) is 0.248. The van der Waals surface area contributed by atoms with E-state index in [4.69, 9.17) is 11.7 Å². The highest BCUT2D eigenvalue weighted by Crippen LogP contribution is 2.08. The molecular weight excluding hydrogens is 232 g/mol. The maximum Gasteiger partial charge on any atom is 0.246 e. The molecule has 0 radical (unpaired) electrons. The average Bonchev–Trinajstić information content (AvgIpc) is 2.43. The fourth-order valence-corrected chi connectivity index (χ4v) is 1.44. The number of hydrazine groups is 2. The van der Waals surface area contributed by atoms with Gasteiger partial charge >= 0.3 is 0 Å². The first kappa shape index (κ1) is 13.9. The Morgan fingerprint density at radius 3 is 2.17 bits per heavy atom. The highest BCUT2D eigenvalue weighted by Gasteiger charge is 2.23. The van der Waals surface area contributed by atoms with Crippen molar-refractivity contribution in [1.82, 2.24) is 10.9 Å². The van der Waals surface area contributed by atoms with Crippen LogP contribution in [0.5, 0.6) is 0 Å². The Balaban J connectivity index is 2.65. The predicted octanol–water partition coefficient (Wildman–Crippen LogP) is -0.314. The first-order valence-corrected chi connectivity index (χ1v) is 5.41. The Labute approximate surface area is 105 Å². The van der Waals surface area contributed by atoms with Gasteiger partial charge in [0.15, 0.2) is 0 Å². The third kappa shape index (κ3) is 4.00. The molecular formula is C12H16N4O2. The lowest BCUT2D eigenvalue weighted by Crippen LogP contribution is -2.45. The van der Waals surface area contributed by atoms with E-state index >= 15 is 0 Å². The standard InChI is InChI=1S/C12H16N4O2/c13-15-11(17)10(12(18)16-14)8-4-7-9-5-2-1-3-6-9/h1-7,10H,8,13-14H2,(H,15,17)(H,16,18). The largest absolute Gasteiger partial charge is 0.294 e. The van der Waals surface area contributed by atoms with E-state index in [-0.39, 0.29) is 6.42 Å². The van der Waals surface area contributed by atoms with Gasteiger partial charge in [-0.25, -0.2) is 11.7 Å². The predicted molar refractivity (Wildman–Crippen MR) is 68.2 cm³/mol. The molecule has 0 heterocycles. The highest BCUT2D eigenvalue weighted by molar-refractivity contribution is 6.00. The van der Waals surface area contributed by atoms with Crippen LogP contribution in [0.4, 0.5) is 0 Å². The molecule has 6 N–H and O–H groups in total. The van der Waals surface area contributed by atoms with Crippen molar-refractivity contribution in [3.05, 3.63) is 42.0 Å². The van der Waals surface area contributed by atoms with Gasteiger partial charge in [0, 0.05) is 0 Å². The number of nitrogens with one attached hydrogen (secondary N) is 2. The van der Waals surface area contributed by atoms with Gasteiger partial charge in [-0.05, 0) is 12.0 Å². The molecule has 6 nitrogen and oxygen atoms in total. The summed E-state index contributed by atoms with van der Waals surface area (Å²) in [5.74, 6) is 7.93. The number of nitrogens with two attached hydrogens (primary N) is 2. The van der Waals surface area contributed by atoms with Gasteiger partial charge < -0.3 is 0 Å². The van der Waals surface area contributed by atoms with Crippen LogP contribution in [0, 0.1) is 5.92 Å². The summed E-state index contributed by atoms with van der Waals surface area (Å²) in [6.45, 7) is 0. The summed E-state index contributed by atoms with van der Waals surface area (Å²) in [5.41, 5.74) is 4.86. The normalized spacial score (nSPS) is 10.6. The third-order valence-corrected chi connectivity index (χ3v) is 2.40. The van der Waals surface area contributed by atoms with Crippen molar-refractivity contribution in [3.8, 4) is 0 Å². The molecule has 0 fully saturated rings. The Morgan fingerprint density at radius 2 is 1.67 bits per heavy atom. The van der Waals surface area contributed by atoms with Gasteiger partial charge in [0.2, 0.25) is 11.8 Å². The third-order valence-electron chi connectivity index (χ3n) is 2.40. The summed E-state index contributed by atoms with van der Waals surface area (Å²) in [5, 5.41) is 0. The number of amides is 2. The summed E-state index contributed by atoms with van der Waals surface area (Å²) in [6, 6.07) is 9.53. The summed E-state index contributed by atoms with van der Waals surface area (Å²) < 4.78 is 0. The Hall–Kier alpha value is -2.18. The van der Waals surface area contributed by atoms with Gasteiger partial charge in [-0.15, -0.1) is 0 Å². The van der Waals surface area contributed by atoms with Crippen LogP contribution in [0.15, 0.2) is 36.4 Å². The molecule has 96 valence electrons. The lowest BCUT2D eigenvalue weighted by Gasteiger charge is -2.10. The van der Waals surface area contributed by atoms with Gasteiger partial charge in [-0.1, -0.05) is 42.5 Å². The molecule has 0 aromatic heterocycles. The van der Waals surface area contributed by atoms with E-state index in [0.29, 0.717) is 0 Å². The van der Waals surface area contributed by atoms with Crippen molar-refractivity contribution in [2.45, 2.75) is 6.42 Å². The number of allylic oxidation sites excluding steroid dienone is 1. The lowest BCUT2D eigenvalue weighted by atomic mass is 10.0. The van der Waals surface area contributed by atoms with Gasteiger partial charge in [-0.2, -0.15) is 0 Å². The molecule has 1 aromatic carbocycles. The Bertz CT molecular complexity index is 415. The maximum atomic E-state index is 11.4. The van der Waals surface area contributed by atoms with Crippen LogP contribution in [-0.4, -0.2) is 11.8 Å². The van der Waals surface area contributed by atoms with Crippen molar-refractivity contribution < 1.29 is 9.59 Å². The van der Waals surface area contributed by atoms with Crippen LogP contribution in [0.25, 0.3) is 6.08 Å². The minimum absolute atomic E-state index is 0.223. The number of carbonyl (C=O) groups is 2. The van der Waals surface area contributed by atoms with Crippen molar-refractivity contribution in [1.29, 1.82) is 0 Å². The molecule has 1 aromatic rings. The van der Waals surface area contributed by atoms with Crippen LogP contribution in [-0.2, 0) is 9.59 Å². The topological polar surface area (TPSA) is 110 Å². The highest BCUT2D eigenvalue weighted by atomic mass is 16.2. The molecule has 0 spiro atoms. The molecule has 0 aliphatic carbocycles. The lowest BCUT2D eigenvalue weighted by molar-refractivity contribution is -0.135. The fraction of sp³-hybridized carbons (Fsp3) is 0.167. The molecule has 0 saturated carbocycles. The van der Waals surface area contributed by atoms with Crippen LogP contribution in [0.1, 0.15) is 12.0 Å². The van der Waals surface area contributed by atoms with Crippen molar-refractivity contribution in [3.63, 3.8) is 0 Å². The number of benzene rings is 1. The van der Waals surface area contributed by atoms with Crippen molar-refractivity contribution in [2.24, 2.45) is 17.6 Å². The molecule has 2 amide bonds. The van der Waals surface area contributed by atoms with Gasteiger partial charge in [0.1, 0.15) is 5.92 Å². The van der Waals surface area contributed by atoms with Crippen molar-refractivity contribution in [2.75, 3.05) is 0 Å². The molecule has 18 heavy (non-hydrogen) atoms. The van der Waals surface area contributed by atoms with Gasteiger partial charge in [0.05, 0.1) is 0 Å². The van der Waals surface area contributed by atoms with E-state index in [1.807, 2.05) is 47.3 Å². The number of carbonyl (C=O) groups excluding carboxylic acids is 2. The van der Waals surface area contributed by atoms with E-state index in [0.717, 1.165) is 5.56 Å². The smallest absolute Gasteiger partial charge is 0.246 e. The molecule has 0 aliphatic heterocycles. The summed E-state index contributed by atoms with van der Waals surface area (Å²) in [7, 11) is 0. The van der Waals surface area contributed by atoms with Crippen LogP contribution >= 0.6 is 0 Å². The first-order chi connectivity index (χ1) is 8.69. The van der Waals surface area contributed by atoms with E-state index in [1.54, 1.807) is 6.08 Å². The second-order valence-electron chi connectivity index (χ2n) is 3.62. The zero-order valence-electron chi connectivity index (χ0n) is 9.80. The van der Waals surface area contributed by atoms with E-state index in [1.165, 1.54) is 0 Å². The van der Waals surface area contributed by atoms with Crippen LogP contribution in [0.2, 0.25) is 0 Å². The summed E-state index contributed by atoms with van der Waals surface area (Å²) in [4.78, 5) is 22.7. The fourth-order valence-electron chi connectivity index (χ4n) is 1.44. The second kappa shape index (κ2) is 7.21. The second-order valence-corrected chi connectivity index (χ2v) is 3.62.